The van der Waals surface area contributed by atoms with E-state index in [1.54, 1.807) is 6.08 Å². The van der Waals surface area contributed by atoms with Gasteiger partial charge in [0.15, 0.2) is 0 Å². The molecule has 2 aliphatic heterocycles. The zero-order valence-corrected chi connectivity index (χ0v) is 15.3. The highest BCUT2D eigenvalue weighted by Gasteiger charge is 2.35. The number of para-hydroxylation sites is 1. The number of benzene rings is 2. The monoisotopic (exact) mass is 364 g/mol. The van der Waals surface area contributed by atoms with Gasteiger partial charge in [0, 0.05) is 18.8 Å². The lowest BCUT2D eigenvalue weighted by molar-refractivity contribution is 0.0426. The van der Waals surface area contributed by atoms with Gasteiger partial charge in [-0.2, -0.15) is 0 Å². The van der Waals surface area contributed by atoms with Crippen LogP contribution in [0.3, 0.4) is 0 Å². The van der Waals surface area contributed by atoms with Crippen molar-refractivity contribution in [1.29, 1.82) is 0 Å². The van der Waals surface area contributed by atoms with Crippen LogP contribution in [0.4, 0.5) is 5.69 Å². The Morgan fingerprint density at radius 1 is 1.26 bits per heavy atom. The van der Waals surface area contributed by atoms with Gasteiger partial charge in [-0.1, -0.05) is 36.9 Å². The summed E-state index contributed by atoms with van der Waals surface area (Å²) in [5.74, 6) is 0.792. The van der Waals surface area contributed by atoms with E-state index in [1.807, 2.05) is 53.4 Å². The minimum Gasteiger partial charge on any atom is -0.490 e. The van der Waals surface area contributed by atoms with Crippen molar-refractivity contribution in [3.05, 3.63) is 72.3 Å². The molecular formula is C22H24N2O3. The lowest BCUT2D eigenvalue weighted by Crippen LogP contribution is -2.46. The van der Waals surface area contributed by atoms with E-state index in [2.05, 4.69) is 11.9 Å². The van der Waals surface area contributed by atoms with Crippen molar-refractivity contribution < 1.29 is 14.3 Å². The SMILES string of the molecule is C=CCOc1cccc([C@H]2Nc3ccccc3C(=O)N2C[C@@H]2CCCO2)c1. The molecule has 0 spiro atoms. The first-order valence-electron chi connectivity index (χ1n) is 9.38. The minimum absolute atomic E-state index is 0.0299. The molecule has 2 heterocycles. The topological polar surface area (TPSA) is 50.8 Å². The maximum Gasteiger partial charge on any atom is 0.257 e. The van der Waals surface area contributed by atoms with Gasteiger partial charge in [0.1, 0.15) is 18.5 Å². The summed E-state index contributed by atoms with van der Waals surface area (Å²) in [7, 11) is 0. The first kappa shape index (κ1) is 17.6. The molecule has 2 aromatic rings. The lowest BCUT2D eigenvalue weighted by Gasteiger charge is -2.39. The minimum atomic E-state index is -0.260. The maximum absolute atomic E-state index is 13.2. The zero-order chi connectivity index (χ0) is 18.6. The van der Waals surface area contributed by atoms with Crippen LogP contribution in [0, 0.1) is 0 Å². The Balaban J connectivity index is 1.67. The molecule has 2 aliphatic rings. The van der Waals surface area contributed by atoms with Crippen LogP contribution in [-0.4, -0.2) is 36.7 Å². The van der Waals surface area contributed by atoms with Gasteiger partial charge < -0.3 is 19.7 Å². The Morgan fingerprint density at radius 3 is 2.96 bits per heavy atom. The van der Waals surface area contributed by atoms with Gasteiger partial charge in [0.2, 0.25) is 0 Å². The number of hydrogen-bond donors (Lipinski definition) is 1. The summed E-state index contributed by atoms with van der Waals surface area (Å²) in [6.07, 6.45) is 3.58. The first-order chi connectivity index (χ1) is 13.3. The van der Waals surface area contributed by atoms with Gasteiger partial charge in [-0.3, -0.25) is 4.79 Å². The fraction of sp³-hybridized carbons (Fsp3) is 0.318. The number of carbonyl (C=O) groups is 1. The smallest absolute Gasteiger partial charge is 0.257 e. The number of anilines is 1. The molecule has 0 radical (unpaired) electrons. The molecule has 2 atom stereocenters. The van der Waals surface area contributed by atoms with Gasteiger partial charge in [-0.15, -0.1) is 0 Å². The van der Waals surface area contributed by atoms with Crippen molar-refractivity contribution >= 4 is 11.6 Å². The fourth-order valence-corrected chi connectivity index (χ4v) is 3.68. The average molecular weight is 364 g/mol. The number of nitrogens with one attached hydrogen (secondary N) is 1. The van der Waals surface area contributed by atoms with Crippen LogP contribution < -0.4 is 10.1 Å². The molecule has 1 N–H and O–H groups in total. The number of hydrogen-bond acceptors (Lipinski definition) is 4. The van der Waals surface area contributed by atoms with Crippen LogP contribution in [0.1, 0.15) is 34.9 Å². The van der Waals surface area contributed by atoms with Crippen molar-refractivity contribution in [3.63, 3.8) is 0 Å². The molecule has 5 heteroatoms. The average Bonchev–Trinajstić information content (AvgIpc) is 3.22. The summed E-state index contributed by atoms with van der Waals surface area (Å²) in [5.41, 5.74) is 2.54. The summed E-state index contributed by atoms with van der Waals surface area (Å²) < 4.78 is 11.5. The first-order valence-corrected chi connectivity index (χ1v) is 9.38. The second-order valence-electron chi connectivity index (χ2n) is 6.86. The quantitative estimate of drug-likeness (QED) is 0.787. The van der Waals surface area contributed by atoms with E-state index in [1.165, 1.54) is 0 Å². The summed E-state index contributed by atoms with van der Waals surface area (Å²) in [5, 5.41) is 3.52. The zero-order valence-electron chi connectivity index (χ0n) is 15.3. The number of amides is 1. The Labute approximate surface area is 159 Å². The van der Waals surface area contributed by atoms with Gasteiger partial charge in [-0.25, -0.2) is 0 Å². The van der Waals surface area contributed by atoms with Crippen LogP contribution in [0.15, 0.2) is 61.2 Å². The summed E-state index contributed by atoms with van der Waals surface area (Å²) in [6.45, 7) is 5.48. The van der Waals surface area contributed by atoms with Gasteiger partial charge in [0.05, 0.1) is 11.7 Å². The molecule has 27 heavy (non-hydrogen) atoms. The van der Waals surface area contributed by atoms with Crippen LogP contribution in [0.25, 0.3) is 0 Å². The lowest BCUT2D eigenvalue weighted by atomic mass is 10.0. The summed E-state index contributed by atoms with van der Waals surface area (Å²) in [4.78, 5) is 15.1. The van der Waals surface area contributed by atoms with Crippen LogP contribution in [0.2, 0.25) is 0 Å². The van der Waals surface area contributed by atoms with E-state index in [4.69, 9.17) is 9.47 Å². The fourth-order valence-electron chi connectivity index (χ4n) is 3.68. The third-order valence-electron chi connectivity index (χ3n) is 4.99. The van der Waals surface area contributed by atoms with E-state index in [-0.39, 0.29) is 18.2 Å². The molecule has 2 aromatic carbocycles. The maximum atomic E-state index is 13.2. The van der Waals surface area contributed by atoms with Crippen molar-refractivity contribution in [2.24, 2.45) is 0 Å². The number of nitrogens with zero attached hydrogens (tertiary/aromatic N) is 1. The highest BCUT2D eigenvalue weighted by atomic mass is 16.5. The predicted molar refractivity (Wildman–Crippen MR) is 105 cm³/mol. The second-order valence-corrected chi connectivity index (χ2v) is 6.86. The number of fused-ring (bicyclic) bond motifs is 1. The Morgan fingerprint density at radius 2 is 2.15 bits per heavy atom. The van der Waals surface area contributed by atoms with Gasteiger partial charge in [-0.05, 0) is 42.7 Å². The second kappa shape index (κ2) is 7.84. The molecule has 0 aromatic heterocycles. The third kappa shape index (κ3) is 3.69. The van der Waals surface area contributed by atoms with E-state index in [0.717, 1.165) is 36.4 Å². The molecule has 1 fully saturated rings. The summed E-state index contributed by atoms with van der Waals surface area (Å²) in [6, 6.07) is 15.5. The molecule has 0 unspecified atom stereocenters. The van der Waals surface area contributed by atoms with Crippen molar-refractivity contribution in [3.8, 4) is 5.75 Å². The molecule has 1 saturated heterocycles. The Kier molecular flexibility index (Phi) is 5.12. The summed E-state index contributed by atoms with van der Waals surface area (Å²) >= 11 is 0. The van der Waals surface area contributed by atoms with E-state index in [9.17, 15) is 4.79 Å². The van der Waals surface area contributed by atoms with Gasteiger partial charge >= 0.3 is 0 Å². The highest BCUT2D eigenvalue weighted by molar-refractivity contribution is 6.01. The molecular weight excluding hydrogens is 340 g/mol. The molecule has 1 amide bonds. The molecule has 5 nitrogen and oxygen atoms in total. The molecule has 0 saturated carbocycles. The number of rotatable bonds is 6. The van der Waals surface area contributed by atoms with E-state index >= 15 is 0 Å². The predicted octanol–water partition coefficient (Wildman–Crippen LogP) is 4.00. The van der Waals surface area contributed by atoms with Crippen molar-refractivity contribution in [1.82, 2.24) is 4.90 Å². The highest BCUT2D eigenvalue weighted by Crippen LogP contribution is 2.35. The van der Waals surface area contributed by atoms with E-state index < -0.39 is 0 Å². The third-order valence-corrected chi connectivity index (χ3v) is 4.99. The standard InChI is InChI=1S/C22H24N2O3/c1-2-12-26-17-8-5-7-16(14-17)21-23-20-11-4-3-10-19(20)22(25)24(21)15-18-9-6-13-27-18/h2-5,7-8,10-11,14,18,21,23H,1,6,9,12-13,15H2/t18-,21-/m0/s1. The van der Waals surface area contributed by atoms with Crippen molar-refractivity contribution in [2.75, 3.05) is 25.1 Å². The molecule has 0 bridgehead atoms. The largest absolute Gasteiger partial charge is 0.490 e. The van der Waals surface area contributed by atoms with Gasteiger partial charge in [0.25, 0.3) is 5.91 Å². The Hall–Kier alpha value is -2.79. The normalized spacial score (nSPS) is 21.5. The van der Waals surface area contributed by atoms with E-state index in [0.29, 0.717) is 18.7 Å². The van der Waals surface area contributed by atoms with Crippen LogP contribution in [0.5, 0.6) is 5.75 Å². The van der Waals surface area contributed by atoms with Crippen LogP contribution >= 0.6 is 0 Å². The number of ether oxygens (including phenoxy) is 2. The van der Waals surface area contributed by atoms with Crippen molar-refractivity contribution in [2.45, 2.75) is 25.1 Å². The molecule has 4 rings (SSSR count). The number of carbonyl (C=O) groups excluding carboxylic acids is 1. The molecule has 140 valence electrons. The van der Waals surface area contributed by atoms with Crippen LogP contribution in [-0.2, 0) is 4.74 Å². The Bertz CT molecular complexity index is 830. The molecule has 0 aliphatic carbocycles.